The van der Waals surface area contributed by atoms with Gasteiger partial charge in [-0.25, -0.2) is 0 Å². The van der Waals surface area contributed by atoms with Crippen molar-refractivity contribution in [3.8, 4) is 0 Å². The topological polar surface area (TPSA) is 122 Å². The molecule has 168 valence electrons. The molecule has 32 heavy (non-hydrogen) atoms. The summed E-state index contributed by atoms with van der Waals surface area (Å²) in [6, 6.07) is 12.1. The molecule has 0 saturated carbocycles. The first-order chi connectivity index (χ1) is 15.4. The van der Waals surface area contributed by atoms with Crippen LogP contribution in [0.4, 0.5) is 22.7 Å². The molecule has 3 N–H and O–H groups in total. The van der Waals surface area contributed by atoms with Crippen molar-refractivity contribution in [1.82, 2.24) is 0 Å². The smallest absolute Gasteiger partial charge is 0.293 e. The third-order valence-electron chi connectivity index (χ3n) is 6.27. The molecule has 2 aliphatic heterocycles. The summed E-state index contributed by atoms with van der Waals surface area (Å²) in [5.74, 6) is -0.696. The van der Waals surface area contributed by atoms with Gasteiger partial charge in [0.05, 0.1) is 4.92 Å². The van der Waals surface area contributed by atoms with Crippen LogP contribution in [0, 0.1) is 16.0 Å². The Morgan fingerprint density at radius 1 is 0.969 bits per heavy atom. The molecule has 2 saturated heterocycles. The van der Waals surface area contributed by atoms with E-state index in [4.69, 9.17) is 5.73 Å². The van der Waals surface area contributed by atoms with Crippen LogP contribution in [0.5, 0.6) is 0 Å². The molecule has 0 aliphatic carbocycles. The van der Waals surface area contributed by atoms with Crippen LogP contribution >= 0.6 is 0 Å². The fourth-order valence-electron chi connectivity index (χ4n) is 4.42. The van der Waals surface area contributed by atoms with Crippen molar-refractivity contribution >= 4 is 34.6 Å². The zero-order valence-corrected chi connectivity index (χ0v) is 17.8. The average Bonchev–Trinajstić information content (AvgIpc) is 3.34. The molecule has 0 atom stereocenters. The molecule has 4 rings (SSSR count). The summed E-state index contributed by atoms with van der Waals surface area (Å²) in [5, 5.41) is 14.4. The number of carbonyl (C=O) groups is 2. The highest BCUT2D eigenvalue weighted by Gasteiger charge is 2.25. The summed E-state index contributed by atoms with van der Waals surface area (Å²) in [7, 11) is 0. The van der Waals surface area contributed by atoms with Crippen molar-refractivity contribution in [2.75, 3.05) is 41.3 Å². The van der Waals surface area contributed by atoms with Gasteiger partial charge in [0.1, 0.15) is 5.69 Å². The molecule has 2 aliphatic rings. The summed E-state index contributed by atoms with van der Waals surface area (Å²) in [6.07, 6.45) is 3.50. The van der Waals surface area contributed by atoms with Crippen molar-refractivity contribution in [1.29, 1.82) is 0 Å². The molecule has 0 radical (unpaired) electrons. The molecule has 2 fully saturated rings. The minimum Gasteiger partial charge on any atom is -0.371 e. The Morgan fingerprint density at radius 2 is 1.62 bits per heavy atom. The van der Waals surface area contributed by atoms with E-state index < -0.39 is 10.8 Å². The number of carbonyl (C=O) groups excluding carboxylic acids is 2. The molecule has 2 aromatic rings. The van der Waals surface area contributed by atoms with Gasteiger partial charge in [0.15, 0.2) is 0 Å². The molecule has 0 spiro atoms. The molecule has 9 nitrogen and oxygen atoms in total. The third kappa shape index (κ3) is 4.66. The summed E-state index contributed by atoms with van der Waals surface area (Å²) in [4.78, 5) is 39.4. The largest absolute Gasteiger partial charge is 0.371 e. The van der Waals surface area contributed by atoms with E-state index in [9.17, 15) is 19.7 Å². The third-order valence-corrected chi connectivity index (χ3v) is 6.27. The molecule has 0 bridgehead atoms. The molecular formula is C23H27N5O4. The van der Waals surface area contributed by atoms with E-state index in [1.165, 1.54) is 6.07 Å². The maximum atomic E-state index is 12.7. The lowest BCUT2D eigenvalue weighted by atomic mass is 9.96. The number of hydrogen-bond acceptors (Lipinski definition) is 6. The number of nitrogens with one attached hydrogen (secondary N) is 1. The van der Waals surface area contributed by atoms with Crippen molar-refractivity contribution in [2.45, 2.75) is 25.7 Å². The van der Waals surface area contributed by atoms with Crippen LogP contribution in [0.25, 0.3) is 0 Å². The number of anilines is 3. The van der Waals surface area contributed by atoms with Crippen molar-refractivity contribution in [3.05, 3.63) is 58.1 Å². The fraction of sp³-hybridized carbons (Fsp3) is 0.391. The van der Waals surface area contributed by atoms with Gasteiger partial charge >= 0.3 is 0 Å². The maximum Gasteiger partial charge on any atom is 0.293 e. The van der Waals surface area contributed by atoms with Gasteiger partial charge in [-0.1, -0.05) is 0 Å². The van der Waals surface area contributed by atoms with Crippen molar-refractivity contribution in [2.24, 2.45) is 11.7 Å². The van der Waals surface area contributed by atoms with Crippen LogP contribution in [-0.2, 0) is 4.79 Å². The van der Waals surface area contributed by atoms with Gasteiger partial charge in [-0.15, -0.1) is 0 Å². The van der Waals surface area contributed by atoms with E-state index in [-0.39, 0.29) is 23.1 Å². The summed E-state index contributed by atoms with van der Waals surface area (Å²) in [5.41, 5.74) is 7.78. The quantitative estimate of drug-likeness (QED) is 0.529. The highest BCUT2D eigenvalue weighted by molar-refractivity contribution is 6.05. The van der Waals surface area contributed by atoms with Crippen molar-refractivity contribution in [3.63, 3.8) is 0 Å². The standard InChI is InChI=1S/C23H27N5O4/c24-22(29)16-9-13-26(14-10-16)19-6-4-18(5-7-19)25-23(30)17-3-8-20(21(15-17)28(31)32)27-11-1-2-12-27/h3-8,15-16H,1-2,9-14H2,(H2,24,29)(H,25,30). The van der Waals surface area contributed by atoms with Gasteiger partial charge in [0, 0.05) is 55.1 Å². The number of amides is 2. The Balaban J connectivity index is 1.42. The van der Waals surface area contributed by atoms with Gasteiger partial charge in [0.25, 0.3) is 11.6 Å². The van der Waals surface area contributed by atoms with Gasteiger partial charge in [-0.2, -0.15) is 0 Å². The number of nitro benzene ring substituents is 1. The SMILES string of the molecule is NC(=O)C1CCN(c2ccc(NC(=O)c3ccc(N4CCCC4)c([N+](=O)[O-])c3)cc2)CC1. The number of benzene rings is 2. The Kier molecular flexibility index (Phi) is 6.25. The zero-order chi connectivity index (χ0) is 22.7. The van der Waals surface area contributed by atoms with Gasteiger partial charge in [0.2, 0.25) is 5.91 Å². The van der Waals surface area contributed by atoms with Crippen LogP contribution in [0.3, 0.4) is 0 Å². The predicted molar refractivity (Wildman–Crippen MR) is 123 cm³/mol. The van der Waals surface area contributed by atoms with Gasteiger partial charge in [-0.3, -0.25) is 19.7 Å². The monoisotopic (exact) mass is 437 g/mol. The average molecular weight is 438 g/mol. The van der Waals surface area contributed by atoms with E-state index in [1.54, 1.807) is 24.3 Å². The Hall–Kier alpha value is -3.62. The van der Waals surface area contributed by atoms with E-state index in [0.29, 0.717) is 11.4 Å². The number of piperidine rings is 1. The number of hydrogen-bond donors (Lipinski definition) is 2. The second kappa shape index (κ2) is 9.25. The Bertz CT molecular complexity index is 1010. The van der Waals surface area contributed by atoms with Crippen LogP contribution in [0.2, 0.25) is 0 Å². The first-order valence-electron chi connectivity index (χ1n) is 10.9. The van der Waals surface area contributed by atoms with E-state index in [1.807, 2.05) is 17.0 Å². The second-order valence-electron chi connectivity index (χ2n) is 8.32. The van der Waals surface area contributed by atoms with Gasteiger partial charge < -0.3 is 20.9 Å². The summed E-state index contributed by atoms with van der Waals surface area (Å²) in [6.45, 7) is 3.09. The highest BCUT2D eigenvalue weighted by Crippen LogP contribution is 2.32. The number of nitro groups is 1. The maximum absolute atomic E-state index is 12.7. The molecule has 0 aromatic heterocycles. The lowest BCUT2D eigenvalue weighted by molar-refractivity contribution is -0.384. The molecule has 2 amide bonds. The summed E-state index contributed by atoms with van der Waals surface area (Å²) < 4.78 is 0. The van der Waals surface area contributed by atoms with Crippen LogP contribution in [0.15, 0.2) is 42.5 Å². The first-order valence-corrected chi connectivity index (χ1v) is 10.9. The van der Waals surface area contributed by atoms with Crippen LogP contribution in [0.1, 0.15) is 36.0 Å². The molecule has 9 heteroatoms. The van der Waals surface area contributed by atoms with Gasteiger partial charge in [-0.05, 0) is 62.1 Å². The molecule has 0 unspecified atom stereocenters. The predicted octanol–water partition coefficient (Wildman–Crippen LogP) is 3.15. The van der Waals surface area contributed by atoms with E-state index in [0.717, 1.165) is 57.5 Å². The molecule has 2 aromatic carbocycles. The minimum atomic E-state index is -0.430. The number of nitrogens with two attached hydrogens (primary N) is 1. The zero-order valence-electron chi connectivity index (χ0n) is 17.8. The fourth-order valence-corrected chi connectivity index (χ4v) is 4.42. The number of nitrogens with zero attached hydrogens (tertiary/aromatic N) is 3. The lowest BCUT2D eigenvalue weighted by Crippen LogP contribution is -2.38. The Labute approximate surface area is 186 Å². The summed E-state index contributed by atoms with van der Waals surface area (Å²) >= 11 is 0. The Morgan fingerprint density at radius 3 is 2.22 bits per heavy atom. The minimum absolute atomic E-state index is 0.0470. The van der Waals surface area contributed by atoms with Crippen molar-refractivity contribution < 1.29 is 14.5 Å². The highest BCUT2D eigenvalue weighted by atomic mass is 16.6. The van der Waals surface area contributed by atoms with E-state index in [2.05, 4.69) is 10.2 Å². The molecule has 2 heterocycles. The normalized spacial score (nSPS) is 16.8. The molecular weight excluding hydrogens is 410 g/mol. The van der Waals surface area contributed by atoms with Crippen LogP contribution in [-0.4, -0.2) is 42.9 Å². The number of rotatable bonds is 6. The second-order valence-corrected chi connectivity index (χ2v) is 8.32. The lowest BCUT2D eigenvalue weighted by Gasteiger charge is -2.32. The first kappa shape index (κ1) is 21.6. The van der Waals surface area contributed by atoms with E-state index >= 15 is 0 Å². The number of primary amides is 1. The van der Waals surface area contributed by atoms with Crippen LogP contribution < -0.4 is 20.9 Å².